The lowest BCUT2D eigenvalue weighted by Crippen LogP contribution is -2.50. The van der Waals surface area contributed by atoms with Crippen LogP contribution in [0.25, 0.3) is 0 Å². The number of hydrogen-bond donors (Lipinski definition) is 1. The summed E-state index contributed by atoms with van der Waals surface area (Å²) < 4.78 is 23.9. The van der Waals surface area contributed by atoms with Crippen LogP contribution in [0.4, 0.5) is 11.4 Å². The van der Waals surface area contributed by atoms with Gasteiger partial charge in [-0.2, -0.15) is 0 Å². The molecule has 1 N–H and O–H groups in total. The molecule has 150 valence electrons. The van der Waals surface area contributed by atoms with Gasteiger partial charge in [0, 0.05) is 31.4 Å². The summed E-state index contributed by atoms with van der Waals surface area (Å²) in [7, 11) is -3.70. The summed E-state index contributed by atoms with van der Waals surface area (Å²) in [6.45, 7) is 6.33. The van der Waals surface area contributed by atoms with Crippen LogP contribution in [0.2, 0.25) is 0 Å². The molecule has 0 fully saturated rings. The van der Waals surface area contributed by atoms with Gasteiger partial charge in [0.25, 0.3) is 0 Å². The molecule has 0 saturated heterocycles. The lowest BCUT2D eigenvalue weighted by molar-refractivity contribution is -0.386. The normalized spacial score (nSPS) is 15.1. The summed E-state index contributed by atoms with van der Waals surface area (Å²) in [5, 5.41) is 14.7. The summed E-state index contributed by atoms with van der Waals surface area (Å²) in [5.74, 6) is 0. The predicted molar refractivity (Wildman–Crippen MR) is 109 cm³/mol. The first-order valence-corrected chi connectivity index (χ1v) is 11.0. The zero-order valence-electron chi connectivity index (χ0n) is 16.3. The fourth-order valence-electron chi connectivity index (χ4n) is 3.59. The van der Waals surface area contributed by atoms with Gasteiger partial charge in [-0.25, -0.2) is 8.42 Å². The number of nitro benzene ring substituents is 1. The highest BCUT2D eigenvalue weighted by Gasteiger charge is 2.31. The molecule has 0 aliphatic carbocycles. The molecule has 1 aliphatic heterocycles. The van der Waals surface area contributed by atoms with Crippen LogP contribution < -0.4 is 5.32 Å². The number of para-hydroxylation sites is 1. The van der Waals surface area contributed by atoms with E-state index in [9.17, 15) is 18.5 Å². The van der Waals surface area contributed by atoms with Crippen molar-refractivity contribution in [1.29, 1.82) is 0 Å². The van der Waals surface area contributed by atoms with Crippen molar-refractivity contribution >= 4 is 21.2 Å². The standard InChI is InChI=1S/C20H25N3O4S/c1-20(2,22-12-11-15-7-4-5-8-16(15)13-22)14-21-17-9-6-10-18(28(3,26)27)19(17)23(24)25/h4-10,21H,11-14H2,1-3H3. The summed E-state index contributed by atoms with van der Waals surface area (Å²) >= 11 is 0. The monoisotopic (exact) mass is 403 g/mol. The van der Waals surface area contributed by atoms with Crippen LogP contribution in [0, 0.1) is 10.1 Å². The van der Waals surface area contributed by atoms with Crippen LogP contribution in [-0.4, -0.2) is 43.1 Å². The highest BCUT2D eigenvalue weighted by molar-refractivity contribution is 7.90. The zero-order valence-corrected chi connectivity index (χ0v) is 17.1. The molecule has 8 heteroatoms. The topological polar surface area (TPSA) is 92.5 Å². The molecule has 2 aromatic rings. The fourth-order valence-corrected chi connectivity index (χ4v) is 4.45. The molecule has 2 aromatic carbocycles. The lowest BCUT2D eigenvalue weighted by atomic mass is 9.94. The van der Waals surface area contributed by atoms with E-state index in [2.05, 4.69) is 42.3 Å². The van der Waals surface area contributed by atoms with Gasteiger partial charge in [0.2, 0.25) is 0 Å². The van der Waals surface area contributed by atoms with E-state index in [-0.39, 0.29) is 16.1 Å². The maximum absolute atomic E-state index is 11.9. The van der Waals surface area contributed by atoms with Crippen LogP contribution in [0.5, 0.6) is 0 Å². The molecule has 0 spiro atoms. The van der Waals surface area contributed by atoms with Gasteiger partial charge in [-0.15, -0.1) is 0 Å². The maximum Gasteiger partial charge on any atom is 0.310 e. The summed E-state index contributed by atoms with van der Waals surface area (Å²) in [6.07, 6.45) is 1.94. The number of nitrogens with one attached hydrogen (secondary N) is 1. The number of benzene rings is 2. The van der Waals surface area contributed by atoms with Gasteiger partial charge in [0.15, 0.2) is 9.84 Å². The van der Waals surface area contributed by atoms with Crippen molar-refractivity contribution in [2.24, 2.45) is 0 Å². The van der Waals surface area contributed by atoms with Gasteiger partial charge < -0.3 is 5.32 Å². The van der Waals surface area contributed by atoms with E-state index < -0.39 is 20.4 Å². The number of fused-ring (bicyclic) bond motifs is 1. The van der Waals surface area contributed by atoms with Gasteiger partial charge in [0.1, 0.15) is 10.6 Å². The smallest absolute Gasteiger partial charge is 0.310 e. The Morgan fingerprint density at radius 3 is 2.46 bits per heavy atom. The molecular weight excluding hydrogens is 378 g/mol. The second-order valence-electron chi connectivity index (χ2n) is 7.79. The second-order valence-corrected chi connectivity index (χ2v) is 9.77. The van der Waals surface area contributed by atoms with Crippen LogP contribution in [0.1, 0.15) is 25.0 Å². The largest absolute Gasteiger partial charge is 0.378 e. The first-order chi connectivity index (χ1) is 13.1. The summed E-state index contributed by atoms with van der Waals surface area (Å²) in [6, 6.07) is 12.7. The molecule has 0 aromatic heterocycles. The van der Waals surface area contributed by atoms with Crippen LogP contribution in [0.15, 0.2) is 47.4 Å². The van der Waals surface area contributed by atoms with Crippen molar-refractivity contribution in [1.82, 2.24) is 4.90 Å². The Bertz CT molecular complexity index is 1000. The number of hydrogen-bond acceptors (Lipinski definition) is 6. The van der Waals surface area contributed by atoms with Crippen LogP contribution in [0.3, 0.4) is 0 Å². The maximum atomic E-state index is 11.9. The Hall–Kier alpha value is -2.45. The van der Waals surface area contributed by atoms with Crippen molar-refractivity contribution in [2.75, 3.05) is 24.7 Å². The minimum atomic E-state index is -3.70. The van der Waals surface area contributed by atoms with E-state index in [1.54, 1.807) is 6.07 Å². The van der Waals surface area contributed by atoms with Gasteiger partial charge in [-0.3, -0.25) is 15.0 Å². The van der Waals surface area contributed by atoms with Gasteiger partial charge >= 0.3 is 5.69 Å². The Morgan fingerprint density at radius 2 is 1.82 bits per heavy atom. The number of sulfone groups is 1. The van der Waals surface area contributed by atoms with Gasteiger partial charge in [-0.1, -0.05) is 30.3 Å². The van der Waals surface area contributed by atoms with E-state index in [4.69, 9.17) is 0 Å². The Balaban J connectivity index is 1.81. The second kappa shape index (κ2) is 7.52. The molecule has 0 bridgehead atoms. The third-order valence-electron chi connectivity index (χ3n) is 5.28. The number of nitro groups is 1. The molecular formula is C20H25N3O4S. The van der Waals surface area contributed by atoms with Crippen molar-refractivity contribution in [2.45, 2.75) is 37.2 Å². The molecule has 0 unspecified atom stereocenters. The lowest BCUT2D eigenvalue weighted by Gasteiger charge is -2.41. The number of nitrogens with zero attached hydrogens (tertiary/aromatic N) is 2. The Labute approximate surface area is 165 Å². The minimum Gasteiger partial charge on any atom is -0.378 e. The molecule has 1 heterocycles. The van der Waals surface area contributed by atoms with E-state index >= 15 is 0 Å². The molecule has 0 atom stereocenters. The molecule has 0 saturated carbocycles. The summed E-state index contributed by atoms with van der Waals surface area (Å²) in [4.78, 5) is 13.0. The van der Waals surface area contributed by atoms with Crippen molar-refractivity contribution in [3.05, 3.63) is 63.7 Å². The quantitative estimate of drug-likeness (QED) is 0.588. The van der Waals surface area contributed by atoms with Gasteiger partial charge in [-0.05, 0) is 43.5 Å². The molecule has 0 radical (unpaired) electrons. The molecule has 7 nitrogen and oxygen atoms in total. The third-order valence-corrected chi connectivity index (χ3v) is 6.41. The van der Waals surface area contributed by atoms with Crippen LogP contribution in [-0.2, 0) is 22.8 Å². The van der Waals surface area contributed by atoms with E-state index in [0.29, 0.717) is 6.54 Å². The molecule has 1 aliphatic rings. The molecule has 0 amide bonds. The summed E-state index contributed by atoms with van der Waals surface area (Å²) in [5.41, 5.74) is 2.21. The van der Waals surface area contributed by atoms with Gasteiger partial charge in [0.05, 0.1) is 4.92 Å². The molecule has 28 heavy (non-hydrogen) atoms. The molecule has 3 rings (SSSR count). The highest BCUT2D eigenvalue weighted by Crippen LogP contribution is 2.33. The fraction of sp³-hybridized carbons (Fsp3) is 0.400. The van der Waals surface area contributed by atoms with Crippen molar-refractivity contribution in [3.8, 4) is 0 Å². The number of anilines is 1. The third kappa shape index (κ3) is 4.18. The van der Waals surface area contributed by atoms with Crippen molar-refractivity contribution in [3.63, 3.8) is 0 Å². The van der Waals surface area contributed by atoms with E-state index in [1.165, 1.54) is 23.3 Å². The number of rotatable bonds is 6. The SMILES string of the molecule is CC(C)(CNc1cccc(S(C)(=O)=O)c1[N+](=O)[O-])N1CCc2ccccc2C1. The van der Waals surface area contributed by atoms with Crippen LogP contribution >= 0.6 is 0 Å². The Morgan fingerprint density at radius 1 is 1.14 bits per heavy atom. The van der Waals surface area contributed by atoms with E-state index in [1.807, 2.05) is 6.07 Å². The minimum absolute atomic E-state index is 0.221. The Kier molecular flexibility index (Phi) is 5.45. The first kappa shape index (κ1) is 20.3. The zero-order chi connectivity index (χ0) is 20.5. The highest BCUT2D eigenvalue weighted by atomic mass is 32.2. The first-order valence-electron chi connectivity index (χ1n) is 9.13. The average molecular weight is 404 g/mol. The van der Waals surface area contributed by atoms with Crippen molar-refractivity contribution < 1.29 is 13.3 Å². The average Bonchev–Trinajstić information content (AvgIpc) is 2.65. The predicted octanol–water partition coefficient (Wildman–Crippen LogP) is 3.25. The van der Waals surface area contributed by atoms with E-state index in [0.717, 1.165) is 25.8 Å².